The number of thiocarbonyl (C=S) groups is 1. The first-order chi connectivity index (χ1) is 1.73. The van der Waals surface area contributed by atoms with Crippen LogP contribution in [0.25, 0.3) is 0 Å². The number of thiol groups is 1. The molecule has 0 bridgehead atoms. The molecule has 0 saturated carbocycles. The molecule has 0 radical (unpaired) electrons. The zero-order chi connectivity index (χ0) is 3.58. The van der Waals surface area contributed by atoms with Gasteiger partial charge >= 0.3 is 0 Å². The Kier molecular flexibility index (Phi) is 24.9. The fourth-order valence-electron chi connectivity index (χ4n) is 0. The van der Waals surface area contributed by atoms with Gasteiger partial charge in [0.25, 0.3) is 0 Å². The van der Waals surface area contributed by atoms with E-state index in [4.69, 9.17) is 5.73 Å². The lowest BCUT2D eigenvalue weighted by Crippen LogP contribution is -1.94. The third-order valence-corrected chi connectivity index (χ3v) is 0. The summed E-state index contributed by atoms with van der Waals surface area (Å²) in [5.41, 5.74) is 4.71. The van der Waals surface area contributed by atoms with Gasteiger partial charge in [0, 0.05) is 0 Å². The van der Waals surface area contributed by atoms with Gasteiger partial charge in [0.1, 0.15) is 4.32 Å². The van der Waals surface area contributed by atoms with Crippen molar-refractivity contribution in [2.45, 2.75) is 0 Å². The second-order valence-corrected chi connectivity index (χ2v) is 1.56. The molecule has 0 aromatic rings. The van der Waals surface area contributed by atoms with Crippen molar-refractivity contribution in [3.8, 4) is 0 Å². The summed E-state index contributed by atoms with van der Waals surface area (Å²) in [7, 11) is 0. The lowest BCUT2D eigenvalue weighted by molar-refractivity contribution is 1.91. The van der Waals surface area contributed by atoms with Crippen LogP contribution in [0.2, 0.25) is 0 Å². The van der Waals surface area contributed by atoms with Crippen LogP contribution in [0, 0.1) is 0 Å². The first kappa shape index (κ1) is 15.7. The maximum absolute atomic E-state index is 4.71. The molecule has 0 rings (SSSR count). The molecule has 0 aromatic carbocycles. The van der Waals surface area contributed by atoms with Crippen LogP contribution in [-0.4, -0.2) is 4.32 Å². The Morgan fingerprint density at radius 3 is 1.67 bits per heavy atom. The van der Waals surface area contributed by atoms with Gasteiger partial charge < -0.3 is 5.73 Å². The summed E-state index contributed by atoms with van der Waals surface area (Å²) in [4.78, 5) is 0. The molecule has 40 valence electrons. The van der Waals surface area contributed by atoms with Gasteiger partial charge in [-0.15, -0.1) is 49.0 Å². The molecule has 0 spiro atoms. The third kappa shape index (κ3) is 60.1. The molecule has 0 aromatic heterocycles. The van der Waals surface area contributed by atoms with Gasteiger partial charge in [-0.2, -0.15) is 0 Å². The minimum absolute atomic E-state index is 0. The normalized spacial score (nSPS) is 4.17. The number of halogens is 2. The van der Waals surface area contributed by atoms with E-state index in [9.17, 15) is 0 Å². The van der Waals surface area contributed by atoms with E-state index in [0.29, 0.717) is 0 Å². The first-order valence-electron chi connectivity index (χ1n) is 0.716. The molecule has 2 N–H and O–H groups in total. The summed E-state index contributed by atoms with van der Waals surface area (Å²) in [5.74, 6) is 0. The van der Waals surface area contributed by atoms with Crippen molar-refractivity contribution in [3.63, 3.8) is 0 Å². The fraction of sp³-hybridized carbons (Fsp3) is 0. The van der Waals surface area contributed by atoms with Crippen LogP contribution < -0.4 is 5.73 Å². The van der Waals surface area contributed by atoms with Crippen molar-refractivity contribution >= 4 is 65.6 Å². The monoisotopic (exact) mass is 257 g/mol. The number of hydrogen-bond donors (Lipinski definition) is 2. The van der Waals surface area contributed by atoms with Crippen LogP contribution >= 0.6 is 61.2 Å². The van der Waals surface area contributed by atoms with E-state index in [1.54, 1.807) is 0 Å². The molecule has 5 heteroatoms. The maximum atomic E-state index is 4.71. The van der Waals surface area contributed by atoms with Crippen molar-refractivity contribution in [2.75, 3.05) is 0 Å². The Morgan fingerprint density at radius 1 is 1.67 bits per heavy atom. The van der Waals surface area contributed by atoms with E-state index in [1.165, 1.54) is 0 Å². The van der Waals surface area contributed by atoms with E-state index in [0.717, 1.165) is 0 Å². The highest BCUT2D eigenvalue weighted by Gasteiger charge is 1.55. The van der Waals surface area contributed by atoms with E-state index in [1.807, 2.05) is 0 Å². The van der Waals surface area contributed by atoms with E-state index < -0.39 is 0 Å². The topological polar surface area (TPSA) is 26.0 Å². The smallest absolute Gasteiger partial charge is 0.128 e. The van der Waals surface area contributed by atoms with Gasteiger partial charge in [0.15, 0.2) is 0 Å². The average Bonchev–Trinajstić information content (AvgIpc) is 0.811. The molecule has 0 heterocycles. The molecule has 1 nitrogen and oxygen atoms in total. The van der Waals surface area contributed by atoms with Crippen molar-refractivity contribution in [3.05, 3.63) is 0 Å². The van der Waals surface area contributed by atoms with Crippen LogP contribution in [0.3, 0.4) is 0 Å². The van der Waals surface area contributed by atoms with Crippen LogP contribution in [0.1, 0.15) is 0 Å². The lowest BCUT2D eigenvalue weighted by atomic mass is 11.5. The van der Waals surface area contributed by atoms with Crippen molar-refractivity contribution < 1.29 is 0 Å². The Balaban J connectivity index is -0.0000000450. The summed E-state index contributed by atoms with van der Waals surface area (Å²) in [6, 6.07) is 0. The fourth-order valence-corrected chi connectivity index (χ4v) is 0. The highest BCUT2D eigenvalue weighted by Crippen LogP contribution is 1.63. The van der Waals surface area contributed by atoms with Crippen molar-refractivity contribution in [1.29, 1.82) is 0 Å². The minimum atomic E-state index is 0. The molecule has 0 amide bonds. The molecular weight excluding hydrogens is 253 g/mol. The SMILES string of the molecule is Cl.I.NC(=S)S. The van der Waals surface area contributed by atoms with E-state index >= 15 is 0 Å². The summed E-state index contributed by atoms with van der Waals surface area (Å²) >= 11 is 7.65. The average molecular weight is 258 g/mol. The van der Waals surface area contributed by atoms with Gasteiger partial charge in [-0.3, -0.25) is 0 Å². The number of rotatable bonds is 0. The molecule has 0 unspecified atom stereocenters. The zero-order valence-electron chi connectivity index (χ0n) is 2.75. The molecule has 0 aliphatic rings. The molecule has 0 saturated heterocycles. The predicted octanol–water partition coefficient (Wildman–Crippen LogP) is 1.20. The van der Waals surface area contributed by atoms with Gasteiger partial charge in [-0.25, -0.2) is 0 Å². The Bertz CT molecular complexity index is 36.5. The van der Waals surface area contributed by atoms with Gasteiger partial charge in [-0.05, 0) is 0 Å². The van der Waals surface area contributed by atoms with Crippen molar-refractivity contribution in [2.24, 2.45) is 5.73 Å². The summed E-state index contributed by atoms with van der Waals surface area (Å²) in [5, 5.41) is 0. The summed E-state index contributed by atoms with van der Waals surface area (Å²) < 4.78 is 0.194. The highest BCUT2D eigenvalue weighted by molar-refractivity contribution is 14.0. The molecule has 6 heavy (non-hydrogen) atoms. The van der Waals surface area contributed by atoms with Crippen LogP contribution in [-0.2, 0) is 0 Å². The highest BCUT2D eigenvalue weighted by atomic mass is 127. The van der Waals surface area contributed by atoms with E-state index in [-0.39, 0.29) is 40.7 Å². The third-order valence-electron chi connectivity index (χ3n) is 0. The Labute approximate surface area is 70.9 Å². The number of nitrogens with two attached hydrogens (primary N) is 1. The quantitative estimate of drug-likeness (QED) is 0.387. The molecule has 0 atom stereocenters. The van der Waals surface area contributed by atoms with Gasteiger partial charge in [0.05, 0.1) is 0 Å². The predicted molar refractivity (Wildman–Crippen MR) is 48.4 cm³/mol. The maximum Gasteiger partial charge on any atom is 0.128 e. The second-order valence-electron chi connectivity index (χ2n) is 0.338. The largest absolute Gasteiger partial charge is 0.385 e. The van der Waals surface area contributed by atoms with Gasteiger partial charge in [0.2, 0.25) is 0 Å². The second kappa shape index (κ2) is 9.54. The van der Waals surface area contributed by atoms with E-state index in [2.05, 4.69) is 24.8 Å². The lowest BCUT2D eigenvalue weighted by Gasteiger charge is -1.64. The molecule has 0 fully saturated rings. The van der Waals surface area contributed by atoms with Crippen LogP contribution in [0.5, 0.6) is 0 Å². The Morgan fingerprint density at radius 2 is 1.67 bits per heavy atom. The first-order valence-corrected chi connectivity index (χ1v) is 1.57. The van der Waals surface area contributed by atoms with Crippen LogP contribution in [0.15, 0.2) is 0 Å². The van der Waals surface area contributed by atoms with Crippen LogP contribution in [0.4, 0.5) is 0 Å². The standard InChI is InChI=1S/CH3NS2.ClH.HI/c2-1(3)4;;/h(H3,2,3,4);2*1H. The minimum Gasteiger partial charge on any atom is -0.385 e. The number of hydrogen-bond acceptors (Lipinski definition) is 1. The molecule has 0 aliphatic carbocycles. The Hall–Kier alpha value is 1.26. The summed E-state index contributed by atoms with van der Waals surface area (Å²) in [6.07, 6.45) is 0. The van der Waals surface area contributed by atoms with Crippen molar-refractivity contribution in [1.82, 2.24) is 0 Å². The zero-order valence-corrected chi connectivity index (χ0v) is 7.61. The molecule has 0 aliphatic heterocycles. The molecular formula is CH5ClINS2. The van der Waals surface area contributed by atoms with Gasteiger partial charge in [-0.1, -0.05) is 12.2 Å². The summed E-state index contributed by atoms with van der Waals surface area (Å²) in [6.45, 7) is 0.